The number of halogens is 1. The topological polar surface area (TPSA) is 52.6 Å². The number of benzene rings is 1. The number of rotatable bonds is 6. The zero-order chi connectivity index (χ0) is 13.5. The molecule has 98 valence electrons. The molecule has 0 saturated heterocycles. The van der Waals surface area contributed by atoms with Crippen molar-refractivity contribution in [3.05, 3.63) is 29.6 Å². The quantitative estimate of drug-likeness (QED) is 0.444. The average molecular weight is 254 g/mol. The lowest BCUT2D eigenvalue weighted by Gasteiger charge is -2.09. The Kier molecular flexibility index (Phi) is 5.30. The van der Waals surface area contributed by atoms with Gasteiger partial charge in [-0.15, -0.1) is 0 Å². The standard InChI is InChI=1S/C13H15FO4/c1-3-7-18-11-6-5-9(14)8-10(11)12(15)13(16)17-4-2/h5-6,8H,3-4,7H2,1-2H3. The van der Waals surface area contributed by atoms with Gasteiger partial charge in [0.05, 0.1) is 18.8 Å². The molecule has 0 bridgehead atoms. The minimum atomic E-state index is -1.01. The number of carbonyl (C=O) groups is 2. The molecule has 0 spiro atoms. The van der Waals surface area contributed by atoms with E-state index in [0.717, 1.165) is 12.5 Å². The Morgan fingerprint density at radius 2 is 2.00 bits per heavy atom. The van der Waals surface area contributed by atoms with Crippen LogP contribution in [0.4, 0.5) is 4.39 Å². The van der Waals surface area contributed by atoms with Crippen molar-refractivity contribution in [3.63, 3.8) is 0 Å². The molecule has 18 heavy (non-hydrogen) atoms. The molecule has 1 aromatic carbocycles. The fourth-order valence-electron chi connectivity index (χ4n) is 1.32. The second-order valence-electron chi connectivity index (χ2n) is 3.54. The van der Waals surface area contributed by atoms with Crippen molar-refractivity contribution in [1.82, 2.24) is 0 Å². The Hall–Kier alpha value is -1.91. The molecule has 0 aliphatic rings. The second kappa shape index (κ2) is 6.74. The first-order valence-corrected chi connectivity index (χ1v) is 5.74. The Morgan fingerprint density at radius 1 is 1.28 bits per heavy atom. The van der Waals surface area contributed by atoms with Crippen LogP contribution in [-0.2, 0) is 9.53 Å². The van der Waals surface area contributed by atoms with Gasteiger partial charge in [0.2, 0.25) is 0 Å². The molecule has 0 unspecified atom stereocenters. The Labute approximate surface area is 105 Å². The molecule has 0 amide bonds. The highest BCUT2D eigenvalue weighted by Gasteiger charge is 2.22. The summed E-state index contributed by atoms with van der Waals surface area (Å²) >= 11 is 0. The molecular formula is C13H15FO4. The highest BCUT2D eigenvalue weighted by molar-refractivity contribution is 6.41. The number of esters is 1. The van der Waals surface area contributed by atoms with Crippen LogP contribution >= 0.6 is 0 Å². The van der Waals surface area contributed by atoms with Gasteiger partial charge in [-0.1, -0.05) is 6.92 Å². The highest BCUT2D eigenvalue weighted by atomic mass is 19.1. The van der Waals surface area contributed by atoms with Gasteiger partial charge in [-0.2, -0.15) is 0 Å². The van der Waals surface area contributed by atoms with Gasteiger partial charge in [0.25, 0.3) is 5.78 Å². The van der Waals surface area contributed by atoms with E-state index in [-0.39, 0.29) is 17.9 Å². The van der Waals surface area contributed by atoms with Gasteiger partial charge in [-0.05, 0) is 31.5 Å². The van der Waals surface area contributed by atoms with E-state index < -0.39 is 17.6 Å². The second-order valence-corrected chi connectivity index (χ2v) is 3.54. The summed E-state index contributed by atoms with van der Waals surface area (Å²) in [7, 11) is 0. The molecule has 1 aromatic rings. The van der Waals surface area contributed by atoms with Crippen molar-refractivity contribution in [2.24, 2.45) is 0 Å². The van der Waals surface area contributed by atoms with Crippen molar-refractivity contribution in [3.8, 4) is 5.75 Å². The van der Waals surface area contributed by atoms with Gasteiger partial charge in [-0.3, -0.25) is 4.79 Å². The molecular weight excluding hydrogens is 239 g/mol. The lowest BCUT2D eigenvalue weighted by atomic mass is 10.1. The number of carbonyl (C=O) groups excluding carboxylic acids is 2. The fraction of sp³-hybridized carbons (Fsp3) is 0.385. The average Bonchev–Trinajstić information content (AvgIpc) is 2.36. The first kappa shape index (κ1) is 14.2. The third-order valence-electron chi connectivity index (χ3n) is 2.11. The molecule has 0 atom stereocenters. The van der Waals surface area contributed by atoms with Gasteiger partial charge >= 0.3 is 5.97 Å². The number of hydrogen-bond acceptors (Lipinski definition) is 4. The number of Topliss-reactive ketones (excluding diaryl/α,β-unsaturated/α-hetero) is 1. The van der Waals surface area contributed by atoms with Crippen molar-refractivity contribution in [2.75, 3.05) is 13.2 Å². The van der Waals surface area contributed by atoms with E-state index in [2.05, 4.69) is 4.74 Å². The van der Waals surface area contributed by atoms with Crippen LogP contribution in [0.2, 0.25) is 0 Å². The third-order valence-corrected chi connectivity index (χ3v) is 2.11. The van der Waals surface area contributed by atoms with Crippen LogP contribution in [0.15, 0.2) is 18.2 Å². The normalized spacial score (nSPS) is 9.94. The van der Waals surface area contributed by atoms with Crippen molar-refractivity contribution >= 4 is 11.8 Å². The van der Waals surface area contributed by atoms with Crippen molar-refractivity contribution < 1.29 is 23.5 Å². The van der Waals surface area contributed by atoms with E-state index in [9.17, 15) is 14.0 Å². The van der Waals surface area contributed by atoms with Gasteiger partial charge < -0.3 is 9.47 Å². The fourth-order valence-corrected chi connectivity index (χ4v) is 1.32. The van der Waals surface area contributed by atoms with E-state index in [1.807, 2.05) is 6.92 Å². The molecule has 0 fully saturated rings. The molecule has 0 saturated carbocycles. The van der Waals surface area contributed by atoms with Crippen LogP contribution in [0.25, 0.3) is 0 Å². The maximum atomic E-state index is 13.1. The summed E-state index contributed by atoms with van der Waals surface area (Å²) in [5.41, 5.74) is -0.109. The molecule has 0 heterocycles. The zero-order valence-electron chi connectivity index (χ0n) is 10.4. The summed E-state index contributed by atoms with van der Waals surface area (Å²) in [6, 6.07) is 3.48. The van der Waals surface area contributed by atoms with Crippen molar-refractivity contribution in [2.45, 2.75) is 20.3 Å². The number of ketones is 1. The van der Waals surface area contributed by atoms with Crippen LogP contribution in [0.5, 0.6) is 5.75 Å². The van der Waals surface area contributed by atoms with Crippen LogP contribution in [0, 0.1) is 5.82 Å². The van der Waals surface area contributed by atoms with Crippen LogP contribution in [-0.4, -0.2) is 25.0 Å². The van der Waals surface area contributed by atoms with Gasteiger partial charge in [0.15, 0.2) is 0 Å². The van der Waals surface area contributed by atoms with E-state index in [1.165, 1.54) is 12.1 Å². The van der Waals surface area contributed by atoms with Crippen LogP contribution < -0.4 is 4.74 Å². The molecule has 0 aliphatic heterocycles. The van der Waals surface area contributed by atoms with E-state index >= 15 is 0 Å². The summed E-state index contributed by atoms with van der Waals surface area (Å²) in [4.78, 5) is 23.1. The molecule has 1 rings (SSSR count). The zero-order valence-corrected chi connectivity index (χ0v) is 10.4. The smallest absolute Gasteiger partial charge is 0.379 e. The lowest BCUT2D eigenvalue weighted by molar-refractivity contribution is -0.137. The highest BCUT2D eigenvalue weighted by Crippen LogP contribution is 2.21. The minimum absolute atomic E-state index is 0.0883. The molecule has 0 aromatic heterocycles. The summed E-state index contributed by atoms with van der Waals surface area (Å²) < 4.78 is 23.0. The SMILES string of the molecule is CCCOc1ccc(F)cc1C(=O)C(=O)OCC. The maximum Gasteiger partial charge on any atom is 0.379 e. The largest absolute Gasteiger partial charge is 0.493 e. The van der Waals surface area contributed by atoms with E-state index in [0.29, 0.717) is 6.61 Å². The Morgan fingerprint density at radius 3 is 2.61 bits per heavy atom. The van der Waals surface area contributed by atoms with Crippen LogP contribution in [0.3, 0.4) is 0 Å². The molecule has 5 heteroatoms. The van der Waals surface area contributed by atoms with Gasteiger partial charge in [-0.25, -0.2) is 9.18 Å². The van der Waals surface area contributed by atoms with Gasteiger partial charge in [0, 0.05) is 0 Å². The summed E-state index contributed by atoms with van der Waals surface area (Å²) in [6.07, 6.45) is 0.740. The summed E-state index contributed by atoms with van der Waals surface area (Å²) in [6.45, 7) is 3.96. The van der Waals surface area contributed by atoms with E-state index in [1.54, 1.807) is 6.92 Å². The first-order valence-electron chi connectivity index (χ1n) is 5.74. The molecule has 0 N–H and O–H groups in total. The summed E-state index contributed by atoms with van der Waals surface area (Å²) in [5.74, 6) is -2.32. The third kappa shape index (κ3) is 3.55. The molecule has 0 aliphatic carbocycles. The van der Waals surface area contributed by atoms with Gasteiger partial charge in [0.1, 0.15) is 11.6 Å². The number of hydrogen-bond donors (Lipinski definition) is 0. The monoisotopic (exact) mass is 254 g/mol. The Balaban J connectivity index is 3.00. The first-order chi connectivity index (χ1) is 8.60. The predicted octanol–water partition coefficient (Wildman–Crippen LogP) is 2.36. The lowest BCUT2D eigenvalue weighted by Crippen LogP contribution is -2.18. The van der Waals surface area contributed by atoms with Crippen LogP contribution in [0.1, 0.15) is 30.6 Å². The predicted molar refractivity (Wildman–Crippen MR) is 63.1 cm³/mol. The summed E-state index contributed by atoms with van der Waals surface area (Å²) in [5, 5.41) is 0. The van der Waals surface area contributed by atoms with E-state index in [4.69, 9.17) is 4.74 Å². The molecule has 4 nitrogen and oxygen atoms in total. The molecule has 0 radical (unpaired) electrons. The number of ether oxygens (including phenoxy) is 2. The minimum Gasteiger partial charge on any atom is -0.493 e. The Bertz CT molecular complexity index is 443. The maximum absolute atomic E-state index is 13.1. The van der Waals surface area contributed by atoms with Crippen molar-refractivity contribution in [1.29, 1.82) is 0 Å².